The molecule has 0 heterocycles. The van der Waals surface area contributed by atoms with Crippen LogP contribution in [0.5, 0.6) is 5.75 Å². The van der Waals surface area contributed by atoms with E-state index in [9.17, 15) is 29.1 Å². The van der Waals surface area contributed by atoms with Crippen molar-refractivity contribution < 1.29 is 43.3 Å². The van der Waals surface area contributed by atoms with Crippen LogP contribution in [0.4, 0.5) is 0 Å². The van der Waals surface area contributed by atoms with Gasteiger partial charge in [-0.25, -0.2) is 0 Å². The Morgan fingerprint density at radius 2 is 1.58 bits per heavy atom. The van der Waals surface area contributed by atoms with Gasteiger partial charge in [0.05, 0.1) is 29.5 Å². The molecule has 3 N–H and O–H groups in total. The maximum Gasteiger partial charge on any atom is 0.309 e. The first-order chi connectivity index (χ1) is 30.2. The second-order valence-electron chi connectivity index (χ2n) is 24.0. The number of carboxylic acids is 1. The minimum absolute atomic E-state index is 0.00128. The third kappa shape index (κ3) is 8.26. The molecule has 5 saturated carbocycles. The molecule has 0 spiro atoms. The summed E-state index contributed by atoms with van der Waals surface area (Å²) in [6, 6.07) is 4.88. The maximum absolute atomic E-state index is 14.3. The highest BCUT2D eigenvalue weighted by Crippen LogP contribution is 2.77. The summed E-state index contributed by atoms with van der Waals surface area (Å²) in [7, 11) is 1.58. The summed E-state index contributed by atoms with van der Waals surface area (Å²) < 4.78 is 17.3. The van der Waals surface area contributed by atoms with Gasteiger partial charge in [0.15, 0.2) is 5.78 Å². The molecule has 6 aliphatic carbocycles. The van der Waals surface area contributed by atoms with E-state index in [1.165, 1.54) is 5.57 Å². The van der Waals surface area contributed by atoms with E-state index in [0.717, 1.165) is 56.9 Å². The topological polar surface area (TPSA) is 157 Å². The van der Waals surface area contributed by atoms with Gasteiger partial charge in [-0.05, 0) is 141 Å². The molecule has 2 amide bonds. The summed E-state index contributed by atoms with van der Waals surface area (Å²) in [5, 5.41) is 16.4. The average Bonchev–Trinajstić information content (AvgIpc) is 3.49. The number of rotatable bonds is 14. The van der Waals surface area contributed by atoms with Crippen LogP contribution >= 0.6 is 11.6 Å². The number of methoxy groups -OCH3 is 1. The molecule has 7 rings (SSSR count). The molecule has 1 aromatic carbocycles. The van der Waals surface area contributed by atoms with E-state index in [-0.39, 0.29) is 82.7 Å². The van der Waals surface area contributed by atoms with Crippen LogP contribution < -0.4 is 15.4 Å². The smallest absolute Gasteiger partial charge is 0.309 e. The van der Waals surface area contributed by atoms with Crippen LogP contribution in [-0.4, -0.2) is 73.2 Å². The van der Waals surface area contributed by atoms with Crippen LogP contribution in [-0.2, 0) is 28.7 Å². The number of amides is 2. The van der Waals surface area contributed by atoms with E-state index in [0.29, 0.717) is 47.6 Å². The van der Waals surface area contributed by atoms with Crippen molar-refractivity contribution in [1.82, 2.24) is 10.6 Å². The minimum Gasteiger partial charge on any atom is -0.490 e. The van der Waals surface area contributed by atoms with E-state index < -0.39 is 34.2 Å². The SMILES string of the molecule is COCCOc1cc(Cl)ccc1C(=O)NC(C)(C)CNC(=O)C[C@@]12CC[C@]3(C)[C@H](CC[C@@H]4[C@@]5(C)CC[C@H](OC(=O)[C@H]6C[C@@H](C(=O)O)C6(C)C)C(C)(C)[C@@H]5CC[C@]43C)C1=C(C(C)C)C(=O)C2. The molecule has 0 radical (unpaired) electrons. The highest BCUT2D eigenvalue weighted by Gasteiger charge is 2.70. The Bertz CT molecular complexity index is 2130. The van der Waals surface area contributed by atoms with E-state index in [1.54, 1.807) is 25.3 Å². The molecule has 5 fully saturated rings. The number of fused-ring (bicyclic) bond motifs is 7. The van der Waals surface area contributed by atoms with Gasteiger partial charge in [0.1, 0.15) is 18.5 Å². The number of ether oxygens (including phenoxy) is 3. The fourth-order valence-electron chi connectivity index (χ4n) is 15.2. The molecule has 6 aliphatic rings. The van der Waals surface area contributed by atoms with Crippen molar-refractivity contribution in [3.8, 4) is 5.75 Å². The van der Waals surface area contributed by atoms with Crippen molar-refractivity contribution in [3.05, 3.63) is 39.9 Å². The quantitative estimate of drug-likeness (QED) is 0.122. The predicted molar refractivity (Wildman–Crippen MR) is 250 cm³/mol. The number of benzene rings is 1. The third-order valence-electron chi connectivity index (χ3n) is 19.0. The number of allylic oxidation sites excluding steroid dienone is 2. The highest BCUT2D eigenvalue weighted by molar-refractivity contribution is 6.30. The van der Waals surface area contributed by atoms with Gasteiger partial charge < -0.3 is 30.0 Å². The number of Topliss-reactive ketones (excluding diaryl/α,β-unsaturated/α-hetero) is 1. The molecule has 11 nitrogen and oxygen atoms in total. The minimum atomic E-state index is -0.846. The van der Waals surface area contributed by atoms with Gasteiger partial charge in [-0.15, -0.1) is 0 Å². The summed E-state index contributed by atoms with van der Waals surface area (Å²) in [4.78, 5) is 67.6. The van der Waals surface area contributed by atoms with E-state index in [2.05, 4.69) is 59.1 Å². The fraction of sp³-hybridized carbons (Fsp3) is 0.755. The zero-order chi connectivity index (χ0) is 47.9. The lowest BCUT2D eigenvalue weighted by Gasteiger charge is -2.72. The van der Waals surface area contributed by atoms with Crippen LogP contribution in [0.25, 0.3) is 0 Å². The normalized spacial score (nSPS) is 35.8. The van der Waals surface area contributed by atoms with Gasteiger partial charge in [-0.2, -0.15) is 0 Å². The Balaban J connectivity index is 1.06. The Kier molecular flexibility index (Phi) is 13.1. The lowest BCUT2D eigenvalue weighted by Crippen LogP contribution is -2.66. The summed E-state index contributed by atoms with van der Waals surface area (Å²) in [5.74, 6) is -0.909. The van der Waals surface area contributed by atoms with E-state index in [4.69, 9.17) is 25.8 Å². The van der Waals surface area contributed by atoms with Gasteiger partial charge in [-0.1, -0.05) is 79.5 Å². The van der Waals surface area contributed by atoms with Crippen molar-refractivity contribution in [3.63, 3.8) is 0 Å². The van der Waals surface area contributed by atoms with Crippen LogP contribution in [0.2, 0.25) is 5.02 Å². The lowest BCUT2D eigenvalue weighted by molar-refractivity contribution is -0.236. The van der Waals surface area contributed by atoms with Gasteiger partial charge in [0.2, 0.25) is 5.91 Å². The van der Waals surface area contributed by atoms with Crippen molar-refractivity contribution in [1.29, 1.82) is 0 Å². The van der Waals surface area contributed by atoms with Crippen molar-refractivity contribution >= 4 is 41.1 Å². The van der Waals surface area contributed by atoms with Crippen LogP contribution in [0.1, 0.15) is 157 Å². The van der Waals surface area contributed by atoms with Crippen molar-refractivity contribution in [2.45, 2.75) is 158 Å². The lowest BCUT2D eigenvalue weighted by atomic mass is 9.33. The molecule has 0 unspecified atom stereocenters. The second kappa shape index (κ2) is 17.3. The third-order valence-corrected chi connectivity index (χ3v) is 19.3. The molecule has 12 heteroatoms. The van der Waals surface area contributed by atoms with Crippen LogP contribution in [0.3, 0.4) is 0 Å². The number of carbonyl (C=O) groups excluding carboxylic acids is 4. The Labute approximate surface area is 392 Å². The number of nitrogens with one attached hydrogen (secondary N) is 2. The molecule has 0 saturated heterocycles. The summed E-state index contributed by atoms with van der Waals surface area (Å²) in [6.07, 6.45) is 8.27. The Hall–Kier alpha value is -3.44. The molecule has 10 atom stereocenters. The van der Waals surface area contributed by atoms with E-state index >= 15 is 0 Å². The average molecular weight is 922 g/mol. The standard InChI is InChI=1S/C53H77ClN2O9/c1-30(2)42-36(57)27-53(28-41(58)55-29-47(3,4)56-44(59)32-14-13-31(54)25-37(32)64-24-23-63-12)22-21-51(10)33(43(42)53)15-16-39-50(9)19-18-40(49(7,8)38(50)17-20-52(39,51)11)65-46(62)35-26-34(45(60)61)48(35,5)6/h13-14,25,30,33-35,38-40H,15-24,26-29H2,1-12H3,(H,55,58)(H,56,59)(H,60,61)/t33-,34+,35-,38+,39-,40+,50+,51-,52-,53+/m1/s1. The number of carboxylic acid groups (broad SMARTS) is 1. The number of aliphatic carboxylic acids is 1. The predicted octanol–water partition coefficient (Wildman–Crippen LogP) is 10.0. The van der Waals surface area contributed by atoms with Crippen LogP contribution in [0, 0.1) is 68.0 Å². The summed E-state index contributed by atoms with van der Waals surface area (Å²) in [5.41, 5.74) is 0.266. The first-order valence-electron chi connectivity index (χ1n) is 24.4. The summed E-state index contributed by atoms with van der Waals surface area (Å²) >= 11 is 6.23. The zero-order valence-electron chi connectivity index (χ0n) is 41.3. The van der Waals surface area contributed by atoms with Crippen molar-refractivity contribution in [2.24, 2.45) is 68.0 Å². The van der Waals surface area contributed by atoms with Gasteiger partial charge in [0, 0.05) is 42.3 Å². The van der Waals surface area contributed by atoms with Crippen LogP contribution in [0.15, 0.2) is 29.3 Å². The van der Waals surface area contributed by atoms with Gasteiger partial charge in [-0.3, -0.25) is 24.0 Å². The number of esters is 1. The van der Waals surface area contributed by atoms with Crippen molar-refractivity contribution in [2.75, 3.05) is 26.9 Å². The molecule has 65 heavy (non-hydrogen) atoms. The second-order valence-corrected chi connectivity index (χ2v) is 24.5. The molecular formula is C53H77ClN2O9. The molecular weight excluding hydrogens is 844 g/mol. The number of halogens is 1. The molecule has 0 aromatic heterocycles. The number of hydrogen-bond donors (Lipinski definition) is 3. The molecule has 0 aliphatic heterocycles. The monoisotopic (exact) mass is 921 g/mol. The molecule has 360 valence electrons. The highest BCUT2D eigenvalue weighted by atomic mass is 35.5. The zero-order valence-corrected chi connectivity index (χ0v) is 42.0. The largest absolute Gasteiger partial charge is 0.490 e. The van der Waals surface area contributed by atoms with Gasteiger partial charge >= 0.3 is 11.9 Å². The number of carbonyl (C=O) groups is 5. The first kappa shape index (κ1) is 49.5. The molecule has 1 aromatic rings. The Morgan fingerprint density at radius 1 is 0.877 bits per heavy atom. The maximum atomic E-state index is 14.3. The Morgan fingerprint density at radius 3 is 2.23 bits per heavy atom. The fourth-order valence-corrected chi connectivity index (χ4v) is 15.4. The molecule has 0 bridgehead atoms. The van der Waals surface area contributed by atoms with Gasteiger partial charge in [0.25, 0.3) is 5.91 Å². The first-order valence-corrected chi connectivity index (χ1v) is 24.8. The number of hydrogen-bond acceptors (Lipinski definition) is 8. The van der Waals surface area contributed by atoms with E-state index in [1.807, 2.05) is 27.7 Å². The summed E-state index contributed by atoms with van der Waals surface area (Å²) in [6.45, 7) is 24.7. The number of ketones is 1.